The summed E-state index contributed by atoms with van der Waals surface area (Å²) in [6.07, 6.45) is 5.60. The van der Waals surface area contributed by atoms with Gasteiger partial charge in [-0.1, -0.05) is 0 Å². The van der Waals surface area contributed by atoms with E-state index in [2.05, 4.69) is 22.9 Å². The summed E-state index contributed by atoms with van der Waals surface area (Å²) >= 11 is 0. The summed E-state index contributed by atoms with van der Waals surface area (Å²) in [5, 5.41) is 0. The fourth-order valence-electron chi connectivity index (χ4n) is 3.01. The average Bonchev–Trinajstić information content (AvgIpc) is 3.26. The van der Waals surface area contributed by atoms with E-state index in [4.69, 9.17) is 9.40 Å². The molecule has 4 heteroatoms. The van der Waals surface area contributed by atoms with Crippen LogP contribution in [0.4, 0.5) is 0 Å². The van der Waals surface area contributed by atoms with E-state index in [1.807, 2.05) is 13.1 Å². The van der Waals surface area contributed by atoms with Crippen molar-refractivity contribution in [1.29, 1.82) is 0 Å². The Labute approximate surface area is 125 Å². The van der Waals surface area contributed by atoms with Crippen molar-refractivity contribution in [2.75, 3.05) is 6.54 Å². The highest BCUT2D eigenvalue weighted by Crippen LogP contribution is 2.38. The van der Waals surface area contributed by atoms with Gasteiger partial charge in [0.25, 0.3) is 0 Å². The standard InChI is InChI=1S/C17H21N3O/c1-11-7-15(21-12(11)2)10-20-6-5-16-14(9-20)8-18-17(19-16)13-3-4-13/h7-8,13H,3-6,9-10H2,1-2H3. The SMILES string of the molecule is Cc1cc(CN2CCc3nc(C4CC4)ncc3C2)oc1C. The molecular weight excluding hydrogens is 262 g/mol. The number of hydrogen-bond acceptors (Lipinski definition) is 4. The average molecular weight is 283 g/mol. The molecule has 1 aliphatic carbocycles. The third-order valence-corrected chi connectivity index (χ3v) is 4.57. The fourth-order valence-corrected chi connectivity index (χ4v) is 3.01. The van der Waals surface area contributed by atoms with E-state index in [0.717, 1.165) is 43.4 Å². The molecule has 4 rings (SSSR count). The summed E-state index contributed by atoms with van der Waals surface area (Å²) in [6.45, 7) is 6.98. The Morgan fingerprint density at radius 3 is 2.90 bits per heavy atom. The Bertz CT molecular complexity index is 653. The van der Waals surface area contributed by atoms with Gasteiger partial charge < -0.3 is 4.42 Å². The lowest BCUT2D eigenvalue weighted by Gasteiger charge is -2.27. The number of fused-ring (bicyclic) bond motifs is 1. The summed E-state index contributed by atoms with van der Waals surface area (Å²) in [5.41, 5.74) is 3.78. The third-order valence-electron chi connectivity index (χ3n) is 4.57. The maximum absolute atomic E-state index is 5.79. The first kappa shape index (κ1) is 13.0. The van der Waals surface area contributed by atoms with Crippen LogP contribution in [0.5, 0.6) is 0 Å². The van der Waals surface area contributed by atoms with Gasteiger partial charge in [-0.25, -0.2) is 9.97 Å². The fraction of sp³-hybridized carbons (Fsp3) is 0.529. The monoisotopic (exact) mass is 283 g/mol. The van der Waals surface area contributed by atoms with Crippen LogP contribution in [0.3, 0.4) is 0 Å². The van der Waals surface area contributed by atoms with Crippen molar-refractivity contribution in [2.45, 2.75) is 52.1 Å². The second kappa shape index (κ2) is 4.95. The highest BCUT2D eigenvalue weighted by molar-refractivity contribution is 5.23. The minimum absolute atomic E-state index is 0.641. The molecule has 1 aliphatic heterocycles. The van der Waals surface area contributed by atoms with Gasteiger partial charge in [0.1, 0.15) is 17.3 Å². The van der Waals surface area contributed by atoms with Gasteiger partial charge in [0.2, 0.25) is 0 Å². The topological polar surface area (TPSA) is 42.2 Å². The molecule has 2 aromatic rings. The molecule has 1 saturated carbocycles. The number of nitrogens with zero attached hydrogens (tertiary/aromatic N) is 3. The molecular formula is C17H21N3O. The number of hydrogen-bond donors (Lipinski definition) is 0. The molecule has 0 saturated heterocycles. The van der Waals surface area contributed by atoms with Crippen molar-refractivity contribution in [2.24, 2.45) is 0 Å². The van der Waals surface area contributed by atoms with E-state index in [1.165, 1.54) is 29.7 Å². The normalized spacial score (nSPS) is 18.8. The zero-order valence-electron chi connectivity index (χ0n) is 12.7. The van der Waals surface area contributed by atoms with Crippen molar-refractivity contribution in [3.63, 3.8) is 0 Å². The van der Waals surface area contributed by atoms with Gasteiger partial charge in [-0.05, 0) is 38.3 Å². The molecule has 0 N–H and O–H groups in total. The molecule has 4 nitrogen and oxygen atoms in total. The van der Waals surface area contributed by atoms with Gasteiger partial charge in [-0.15, -0.1) is 0 Å². The van der Waals surface area contributed by atoms with Crippen molar-refractivity contribution >= 4 is 0 Å². The maximum Gasteiger partial charge on any atom is 0.131 e. The molecule has 0 unspecified atom stereocenters. The Kier molecular flexibility index (Phi) is 3.07. The van der Waals surface area contributed by atoms with Crippen LogP contribution in [-0.2, 0) is 19.5 Å². The molecule has 0 spiro atoms. The van der Waals surface area contributed by atoms with Crippen LogP contribution >= 0.6 is 0 Å². The Morgan fingerprint density at radius 1 is 1.33 bits per heavy atom. The lowest BCUT2D eigenvalue weighted by atomic mass is 10.1. The minimum atomic E-state index is 0.641. The first-order chi connectivity index (χ1) is 10.2. The first-order valence-electron chi connectivity index (χ1n) is 7.82. The van der Waals surface area contributed by atoms with Crippen LogP contribution in [0.15, 0.2) is 16.7 Å². The first-order valence-corrected chi connectivity index (χ1v) is 7.82. The molecule has 21 heavy (non-hydrogen) atoms. The third kappa shape index (κ3) is 2.60. The summed E-state index contributed by atoms with van der Waals surface area (Å²) in [5.74, 6) is 3.80. The summed E-state index contributed by atoms with van der Waals surface area (Å²) in [7, 11) is 0. The van der Waals surface area contributed by atoms with Gasteiger partial charge in [-0.3, -0.25) is 4.90 Å². The second-order valence-corrected chi connectivity index (χ2v) is 6.39. The van der Waals surface area contributed by atoms with Crippen LogP contribution < -0.4 is 0 Å². The lowest BCUT2D eigenvalue weighted by molar-refractivity contribution is 0.222. The highest BCUT2D eigenvalue weighted by Gasteiger charge is 2.28. The Hall–Kier alpha value is -1.68. The Morgan fingerprint density at radius 2 is 2.19 bits per heavy atom. The number of aryl methyl sites for hydroxylation is 2. The van der Waals surface area contributed by atoms with Gasteiger partial charge in [-0.2, -0.15) is 0 Å². The van der Waals surface area contributed by atoms with Crippen LogP contribution in [0.2, 0.25) is 0 Å². The van der Waals surface area contributed by atoms with E-state index in [-0.39, 0.29) is 0 Å². The lowest BCUT2D eigenvalue weighted by Crippen LogP contribution is -2.31. The van der Waals surface area contributed by atoms with E-state index in [9.17, 15) is 0 Å². The molecule has 110 valence electrons. The molecule has 2 aliphatic rings. The molecule has 0 bridgehead atoms. The van der Waals surface area contributed by atoms with Crippen molar-refractivity contribution in [3.05, 3.63) is 46.4 Å². The van der Waals surface area contributed by atoms with E-state index < -0.39 is 0 Å². The number of aromatic nitrogens is 2. The quantitative estimate of drug-likeness (QED) is 0.868. The van der Waals surface area contributed by atoms with Crippen LogP contribution in [0.1, 0.15) is 52.9 Å². The molecule has 1 fully saturated rings. The smallest absolute Gasteiger partial charge is 0.131 e. The van der Waals surface area contributed by atoms with Crippen molar-refractivity contribution < 1.29 is 4.42 Å². The number of rotatable bonds is 3. The molecule has 0 aromatic carbocycles. The predicted octanol–water partition coefficient (Wildman–Crippen LogP) is 3.12. The molecule has 3 heterocycles. The molecule has 0 amide bonds. The van der Waals surface area contributed by atoms with E-state index in [1.54, 1.807) is 0 Å². The van der Waals surface area contributed by atoms with Gasteiger partial charge in [0, 0.05) is 42.9 Å². The molecule has 0 atom stereocenters. The van der Waals surface area contributed by atoms with E-state index >= 15 is 0 Å². The zero-order valence-corrected chi connectivity index (χ0v) is 12.7. The van der Waals surface area contributed by atoms with E-state index in [0.29, 0.717) is 5.92 Å². The van der Waals surface area contributed by atoms with Gasteiger partial charge in [0.05, 0.1) is 6.54 Å². The predicted molar refractivity (Wildman–Crippen MR) is 80.0 cm³/mol. The zero-order chi connectivity index (χ0) is 14.4. The molecule has 2 aromatic heterocycles. The van der Waals surface area contributed by atoms with Gasteiger partial charge in [0.15, 0.2) is 0 Å². The maximum atomic E-state index is 5.79. The molecule has 0 radical (unpaired) electrons. The summed E-state index contributed by atoms with van der Waals surface area (Å²) in [6, 6.07) is 2.15. The largest absolute Gasteiger partial charge is 0.465 e. The van der Waals surface area contributed by atoms with Gasteiger partial charge >= 0.3 is 0 Å². The van der Waals surface area contributed by atoms with Crippen molar-refractivity contribution in [3.8, 4) is 0 Å². The summed E-state index contributed by atoms with van der Waals surface area (Å²) < 4.78 is 5.79. The van der Waals surface area contributed by atoms with Crippen molar-refractivity contribution in [1.82, 2.24) is 14.9 Å². The minimum Gasteiger partial charge on any atom is -0.465 e. The van der Waals surface area contributed by atoms with Crippen LogP contribution in [-0.4, -0.2) is 21.4 Å². The highest BCUT2D eigenvalue weighted by atomic mass is 16.3. The summed E-state index contributed by atoms with van der Waals surface area (Å²) in [4.78, 5) is 11.7. The number of furan rings is 1. The van der Waals surface area contributed by atoms with Crippen LogP contribution in [0, 0.1) is 13.8 Å². The Balaban J connectivity index is 1.48. The van der Waals surface area contributed by atoms with Crippen LogP contribution in [0.25, 0.3) is 0 Å². The second-order valence-electron chi connectivity index (χ2n) is 6.39.